The predicted molar refractivity (Wildman–Crippen MR) is 70.5 cm³/mol. The normalized spacial score (nSPS) is 13.4. The van der Waals surface area contributed by atoms with Crippen LogP contribution < -0.4 is 0 Å². The van der Waals surface area contributed by atoms with Gasteiger partial charge in [0, 0.05) is 19.6 Å². The van der Waals surface area contributed by atoms with Crippen LogP contribution >= 0.6 is 23.5 Å². The van der Waals surface area contributed by atoms with E-state index in [-0.39, 0.29) is 0 Å². The average Bonchev–Trinajstić information content (AvgIpc) is 2.36. The lowest BCUT2D eigenvalue weighted by atomic mass is 10.2. The Labute approximate surface area is 108 Å². The van der Waals surface area contributed by atoms with E-state index in [1.165, 1.54) is 25.8 Å². The molecule has 0 spiro atoms. The van der Waals surface area contributed by atoms with Gasteiger partial charge in [0.15, 0.2) is 0 Å². The van der Waals surface area contributed by atoms with Crippen LogP contribution in [0.25, 0.3) is 0 Å². The molecule has 17 heavy (non-hydrogen) atoms. The van der Waals surface area contributed by atoms with E-state index in [1.807, 2.05) is 12.1 Å². The van der Waals surface area contributed by atoms with E-state index in [0.717, 1.165) is 5.56 Å². The van der Waals surface area contributed by atoms with Crippen LogP contribution in [0.2, 0.25) is 0 Å². The molecule has 1 heterocycles. The van der Waals surface area contributed by atoms with Crippen molar-refractivity contribution >= 4 is 29.7 Å². The first-order chi connectivity index (χ1) is 8.36. The lowest BCUT2D eigenvalue weighted by Gasteiger charge is -2.18. The number of nitrogens with zero attached hydrogens (tertiary/aromatic N) is 1. The van der Waals surface area contributed by atoms with Crippen molar-refractivity contribution in [2.24, 2.45) is 5.16 Å². The second-order valence-electron chi connectivity index (χ2n) is 3.60. The van der Waals surface area contributed by atoms with Crippen LogP contribution in [-0.4, -0.2) is 11.4 Å². The summed E-state index contributed by atoms with van der Waals surface area (Å²) in [6.45, 7) is 0. The highest BCUT2D eigenvalue weighted by Gasteiger charge is 2.16. The summed E-state index contributed by atoms with van der Waals surface area (Å²) in [5.74, 6) is 0. The Kier molecular flexibility index (Phi) is 2.82. The first-order valence-corrected chi connectivity index (χ1v) is 6.76. The van der Waals surface area contributed by atoms with Gasteiger partial charge < -0.3 is 5.21 Å². The molecule has 1 N–H and O–H groups in total. The predicted octanol–water partition coefficient (Wildman–Crippen LogP) is 4.11. The monoisotopic (exact) mass is 259 g/mol. The van der Waals surface area contributed by atoms with Crippen LogP contribution in [0.1, 0.15) is 5.56 Å². The van der Waals surface area contributed by atoms with Gasteiger partial charge in [-0.25, -0.2) is 0 Å². The molecule has 0 radical (unpaired) electrons. The zero-order chi connectivity index (χ0) is 11.7. The number of oxime groups is 1. The molecular weight excluding hydrogens is 250 g/mol. The van der Waals surface area contributed by atoms with Crippen LogP contribution in [0, 0.1) is 0 Å². The highest BCUT2D eigenvalue weighted by molar-refractivity contribution is 8.05. The van der Waals surface area contributed by atoms with Crippen molar-refractivity contribution in [3.8, 4) is 0 Å². The zero-order valence-corrected chi connectivity index (χ0v) is 10.5. The van der Waals surface area contributed by atoms with Crippen LogP contribution in [0.5, 0.6) is 0 Å². The summed E-state index contributed by atoms with van der Waals surface area (Å²) < 4.78 is 0. The Morgan fingerprint density at radius 1 is 0.882 bits per heavy atom. The van der Waals surface area contributed by atoms with Gasteiger partial charge in [0.1, 0.15) is 0 Å². The topological polar surface area (TPSA) is 32.6 Å². The molecule has 3 rings (SSSR count). The van der Waals surface area contributed by atoms with Crippen molar-refractivity contribution in [1.29, 1.82) is 0 Å². The van der Waals surface area contributed by atoms with Crippen molar-refractivity contribution in [3.05, 3.63) is 48.0 Å². The lowest BCUT2D eigenvalue weighted by Crippen LogP contribution is -1.91. The lowest BCUT2D eigenvalue weighted by molar-refractivity contribution is 0.322. The number of hydrogen-bond acceptors (Lipinski definition) is 4. The molecule has 2 aromatic carbocycles. The van der Waals surface area contributed by atoms with Gasteiger partial charge in [0.05, 0.1) is 6.21 Å². The van der Waals surface area contributed by atoms with E-state index in [0.29, 0.717) is 0 Å². The van der Waals surface area contributed by atoms with Gasteiger partial charge in [0.25, 0.3) is 0 Å². The molecule has 0 aliphatic carbocycles. The maximum absolute atomic E-state index is 8.54. The van der Waals surface area contributed by atoms with E-state index in [4.69, 9.17) is 5.21 Å². The summed E-state index contributed by atoms with van der Waals surface area (Å²) in [4.78, 5) is 5.05. The Morgan fingerprint density at radius 2 is 1.53 bits per heavy atom. The van der Waals surface area contributed by atoms with Crippen molar-refractivity contribution < 1.29 is 5.21 Å². The SMILES string of the molecule is ON=Cc1ccc2c(c1)Sc1ccccc1S2. The van der Waals surface area contributed by atoms with Crippen molar-refractivity contribution in [3.63, 3.8) is 0 Å². The van der Waals surface area contributed by atoms with Crippen LogP contribution in [0.4, 0.5) is 0 Å². The van der Waals surface area contributed by atoms with E-state index in [9.17, 15) is 0 Å². The molecule has 0 saturated heterocycles. The third kappa shape index (κ3) is 2.06. The van der Waals surface area contributed by atoms with Gasteiger partial charge in [-0.05, 0) is 29.8 Å². The van der Waals surface area contributed by atoms with Crippen LogP contribution in [0.15, 0.2) is 67.2 Å². The minimum atomic E-state index is 0.915. The minimum Gasteiger partial charge on any atom is -0.411 e. The molecule has 1 aliphatic heterocycles. The number of hydrogen-bond donors (Lipinski definition) is 1. The summed E-state index contributed by atoms with van der Waals surface area (Å²) in [5.41, 5.74) is 0.915. The maximum atomic E-state index is 8.54. The quantitative estimate of drug-likeness (QED) is 0.405. The third-order valence-electron chi connectivity index (χ3n) is 2.46. The zero-order valence-electron chi connectivity index (χ0n) is 8.83. The highest BCUT2D eigenvalue weighted by Crippen LogP contribution is 2.48. The van der Waals surface area contributed by atoms with E-state index >= 15 is 0 Å². The Balaban J connectivity index is 2.03. The molecule has 2 aromatic rings. The molecule has 2 nitrogen and oxygen atoms in total. The number of fused-ring (bicyclic) bond motifs is 2. The van der Waals surface area contributed by atoms with E-state index in [1.54, 1.807) is 23.5 Å². The van der Waals surface area contributed by atoms with Gasteiger partial charge in [-0.1, -0.05) is 46.9 Å². The standard InChI is InChI=1S/C13H9NOS2/c15-14-8-9-5-6-12-13(7-9)17-11-4-2-1-3-10(11)16-12/h1-8,15H. The van der Waals surface area contributed by atoms with Gasteiger partial charge in [-0.15, -0.1) is 0 Å². The molecule has 0 atom stereocenters. The third-order valence-corrected chi connectivity index (χ3v) is 5.01. The maximum Gasteiger partial charge on any atom is 0.0734 e. The number of rotatable bonds is 1. The number of benzene rings is 2. The summed E-state index contributed by atoms with van der Waals surface area (Å²) in [6.07, 6.45) is 1.45. The highest BCUT2D eigenvalue weighted by atomic mass is 32.2. The summed E-state index contributed by atoms with van der Waals surface area (Å²) in [6, 6.07) is 14.4. The Morgan fingerprint density at radius 3 is 2.24 bits per heavy atom. The van der Waals surface area contributed by atoms with Gasteiger partial charge >= 0.3 is 0 Å². The van der Waals surface area contributed by atoms with Gasteiger partial charge in [-0.3, -0.25) is 0 Å². The second-order valence-corrected chi connectivity index (χ2v) is 5.77. The van der Waals surface area contributed by atoms with Crippen LogP contribution in [-0.2, 0) is 0 Å². The average molecular weight is 259 g/mol. The Bertz CT molecular complexity index is 596. The Hall–Kier alpha value is -1.39. The first kappa shape index (κ1) is 10.7. The molecule has 0 bridgehead atoms. The molecule has 1 aliphatic rings. The molecule has 84 valence electrons. The fraction of sp³-hybridized carbons (Fsp3) is 0. The second kappa shape index (κ2) is 4.47. The van der Waals surface area contributed by atoms with E-state index < -0.39 is 0 Å². The van der Waals surface area contributed by atoms with Gasteiger partial charge in [0.2, 0.25) is 0 Å². The van der Waals surface area contributed by atoms with Crippen molar-refractivity contribution in [2.45, 2.75) is 19.6 Å². The molecule has 0 fully saturated rings. The minimum absolute atomic E-state index is 0.915. The largest absolute Gasteiger partial charge is 0.411 e. The smallest absolute Gasteiger partial charge is 0.0734 e. The summed E-state index contributed by atoms with van der Waals surface area (Å²) in [7, 11) is 0. The molecule has 0 saturated carbocycles. The summed E-state index contributed by atoms with van der Waals surface area (Å²) in [5, 5.41) is 11.6. The summed E-state index contributed by atoms with van der Waals surface area (Å²) >= 11 is 3.54. The molecule has 0 aromatic heterocycles. The fourth-order valence-corrected chi connectivity index (χ4v) is 3.96. The molecular formula is C13H9NOS2. The van der Waals surface area contributed by atoms with Crippen molar-refractivity contribution in [1.82, 2.24) is 0 Å². The fourth-order valence-electron chi connectivity index (χ4n) is 1.69. The van der Waals surface area contributed by atoms with Crippen molar-refractivity contribution in [2.75, 3.05) is 0 Å². The molecule has 0 unspecified atom stereocenters. The first-order valence-electron chi connectivity index (χ1n) is 5.13. The van der Waals surface area contributed by atoms with Gasteiger partial charge in [-0.2, -0.15) is 0 Å². The molecule has 0 amide bonds. The van der Waals surface area contributed by atoms with Crippen LogP contribution in [0.3, 0.4) is 0 Å². The molecule has 4 heteroatoms. The van der Waals surface area contributed by atoms with E-state index in [2.05, 4.69) is 35.5 Å².